The Labute approximate surface area is 122 Å². The number of methoxy groups -OCH3 is 1. The third-order valence-electron chi connectivity index (χ3n) is 3.90. The number of hydrogen-bond donors (Lipinski definition) is 2. The van der Waals surface area contributed by atoms with Gasteiger partial charge in [-0.15, -0.1) is 0 Å². The van der Waals surface area contributed by atoms with Crippen molar-refractivity contribution in [3.05, 3.63) is 29.6 Å². The van der Waals surface area contributed by atoms with Crippen molar-refractivity contribution in [3.8, 4) is 5.75 Å². The second kappa shape index (κ2) is 6.11. The Kier molecular flexibility index (Phi) is 4.45. The lowest BCUT2D eigenvalue weighted by molar-refractivity contribution is -0.145. The first kappa shape index (κ1) is 15.3. The van der Waals surface area contributed by atoms with Gasteiger partial charge < -0.3 is 15.2 Å². The maximum Gasteiger partial charge on any atom is 0.329 e. The van der Waals surface area contributed by atoms with Crippen LogP contribution in [0.4, 0.5) is 4.39 Å². The van der Waals surface area contributed by atoms with Gasteiger partial charge in [0, 0.05) is 0 Å². The molecular weight excluding hydrogens is 277 g/mol. The van der Waals surface area contributed by atoms with Gasteiger partial charge in [0.25, 0.3) is 5.91 Å². The number of carbonyl (C=O) groups excluding carboxylic acids is 1. The van der Waals surface area contributed by atoms with Gasteiger partial charge in [0.15, 0.2) is 11.6 Å². The van der Waals surface area contributed by atoms with Gasteiger partial charge in [-0.3, -0.25) is 4.79 Å². The largest absolute Gasteiger partial charge is 0.494 e. The molecular formula is C15H18FNO4. The monoisotopic (exact) mass is 295 g/mol. The molecule has 0 spiro atoms. The van der Waals surface area contributed by atoms with Crippen molar-refractivity contribution in [1.82, 2.24) is 5.32 Å². The van der Waals surface area contributed by atoms with Crippen LogP contribution in [0.2, 0.25) is 0 Å². The summed E-state index contributed by atoms with van der Waals surface area (Å²) < 4.78 is 18.9. The molecule has 21 heavy (non-hydrogen) atoms. The Hall–Kier alpha value is -2.11. The molecule has 1 aromatic carbocycles. The van der Waals surface area contributed by atoms with E-state index >= 15 is 0 Å². The molecule has 1 fully saturated rings. The Morgan fingerprint density at radius 1 is 1.29 bits per heavy atom. The fraction of sp³-hybridized carbons (Fsp3) is 0.467. The molecule has 6 heteroatoms. The quantitative estimate of drug-likeness (QED) is 0.894. The van der Waals surface area contributed by atoms with Gasteiger partial charge in [-0.05, 0) is 25.0 Å². The topological polar surface area (TPSA) is 75.6 Å². The second-order valence-corrected chi connectivity index (χ2v) is 5.22. The van der Waals surface area contributed by atoms with Gasteiger partial charge in [0.2, 0.25) is 0 Å². The zero-order valence-corrected chi connectivity index (χ0v) is 11.8. The molecule has 1 aliphatic carbocycles. The Bertz CT molecular complexity index is 553. The molecule has 0 aliphatic heterocycles. The SMILES string of the molecule is COc1cccc(C(=O)NC2(C(=O)O)CCCCC2)c1F. The average Bonchev–Trinajstić information content (AvgIpc) is 2.48. The maximum absolute atomic E-state index is 14.1. The van der Waals surface area contributed by atoms with Crippen LogP contribution in [-0.2, 0) is 4.79 Å². The van der Waals surface area contributed by atoms with Crippen LogP contribution >= 0.6 is 0 Å². The van der Waals surface area contributed by atoms with Gasteiger partial charge >= 0.3 is 5.97 Å². The molecule has 1 saturated carbocycles. The summed E-state index contributed by atoms with van der Waals surface area (Å²) in [6, 6.07) is 4.20. The standard InChI is InChI=1S/C15H18FNO4/c1-21-11-7-5-6-10(12(11)16)13(18)17-15(14(19)20)8-3-2-4-9-15/h5-7H,2-4,8-9H2,1H3,(H,17,18)(H,19,20). The van der Waals surface area contributed by atoms with E-state index in [1.807, 2.05) is 0 Å². The van der Waals surface area contributed by atoms with Gasteiger partial charge in [0.05, 0.1) is 12.7 Å². The van der Waals surface area contributed by atoms with Crippen molar-refractivity contribution < 1.29 is 23.8 Å². The fourth-order valence-electron chi connectivity index (χ4n) is 2.68. The van der Waals surface area contributed by atoms with Crippen molar-refractivity contribution in [2.45, 2.75) is 37.6 Å². The first-order valence-electron chi connectivity index (χ1n) is 6.88. The molecule has 2 rings (SSSR count). The van der Waals surface area contributed by atoms with E-state index in [9.17, 15) is 19.1 Å². The lowest BCUT2D eigenvalue weighted by atomic mass is 9.81. The number of rotatable bonds is 4. The Morgan fingerprint density at radius 2 is 1.95 bits per heavy atom. The minimum atomic E-state index is -1.30. The summed E-state index contributed by atoms with van der Waals surface area (Å²) in [4.78, 5) is 23.8. The van der Waals surface area contributed by atoms with Crippen LogP contribution < -0.4 is 10.1 Å². The number of nitrogens with one attached hydrogen (secondary N) is 1. The van der Waals surface area contributed by atoms with E-state index in [4.69, 9.17) is 4.74 Å². The molecule has 0 unspecified atom stereocenters. The van der Waals surface area contributed by atoms with Crippen LogP contribution in [0.3, 0.4) is 0 Å². The minimum Gasteiger partial charge on any atom is -0.494 e. The lowest BCUT2D eigenvalue weighted by Crippen LogP contribution is -2.55. The predicted octanol–water partition coefficient (Wildman–Crippen LogP) is 2.35. The van der Waals surface area contributed by atoms with Crippen molar-refractivity contribution in [3.63, 3.8) is 0 Å². The first-order valence-corrected chi connectivity index (χ1v) is 6.88. The number of hydrogen-bond acceptors (Lipinski definition) is 3. The normalized spacial score (nSPS) is 17.0. The molecule has 1 aliphatic rings. The number of carbonyl (C=O) groups is 2. The number of carboxylic acid groups (broad SMARTS) is 1. The highest BCUT2D eigenvalue weighted by Crippen LogP contribution is 2.29. The fourth-order valence-corrected chi connectivity index (χ4v) is 2.68. The Morgan fingerprint density at radius 3 is 2.52 bits per heavy atom. The van der Waals surface area contributed by atoms with Gasteiger partial charge in [-0.2, -0.15) is 0 Å². The number of benzene rings is 1. The number of carboxylic acids is 1. The average molecular weight is 295 g/mol. The molecule has 0 aromatic heterocycles. The second-order valence-electron chi connectivity index (χ2n) is 5.22. The van der Waals surface area contributed by atoms with Crippen molar-refractivity contribution in [2.75, 3.05) is 7.11 Å². The molecule has 114 valence electrons. The van der Waals surface area contributed by atoms with E-state index in [0.29, 0.717) is 12.8 Å². The molecule has 1 amide bonds. The number of amides is 1. The number of ether oxygens (including phenoxy) is 1. The number of aliphatic carboxylic acids is 1. The first-order chi connectivity index (χ1) is 10.00. The zero-order valence-electron chi connectivity index (χ0n) is 11.8. The van der Waals surface area contributed by atoms with Crippen LogP contribution in [0.15, 0.2) is 18.2 Å². The zero-order chi connectivity index (χ0) is 15.5. The molecule has 0 atom stereocenters. The third-order valence-corrected chi connectivity index (χ3v) is 3.90. The van der Waals surface area contributed by atoms with Crippen LogP contribution in [0, 0.1) is 5.82 Å². The summed E-state index contributed by atoms with van der Waals surface area (Å²) in [7, 11) is 1.31. The van der Waals surface area contributed by atoms with Crippen LogP contribution in [0.1, 0.15) is 42.5 Å². The van der Waals surface area contributed by atoms with E-state index in [0.717, 1.165) is 19.3 Å². The van der Waals surface area contributed by atoms with Crippen LogP contribution in [0.5, 0.6) is 5.75 Å². The van der Waals surface area contributed by atoms with Gasteiger partial charge in [-0.25, -0.2) is 9.18 Å². The highest BCUT2D eigenvalue weighted by molar-refractivity contribution is 5.98. The van der Waals surface area contributed by atoms with Crippen LogP contribution in [0.25, 0.3) is 0 Å². The highest BCUT2D eigenvalue weighted by Gasteiger charge is 2.41. The molecule has 0 heterocycles. The van der Waals surface area contributed by atoms with Crippen molar-refractivity contribution in [1.29, 1.82) is 0 Å². The van der Waals surface area contributed by atoms with E-state index in [2.05, 4.69) is 5.32 Å². The minimum absolute atomic E-state index is 0.0457. The number of halogens is 1. The Balaban J connectivity index is 2.26. The molecule has 0 radical (unpaired) electrons. The van der Waals surface area contributed by atoms with Gasteiger partial charge in [0.1, 0.15) is 5.54 Å². The summed E-state index contributed by atoms with van der Waals surface area (Å²) in [5, 5.41) is 11.9. The van der Waals surface area contributed by atoms with E-state index in [1.165, 1.54) is 25.3 Å². The summed E-state index contributed by atoms with van der Waals surface area (Å²) in [6.45, 7) is 0. The summed E-state index contributed by atoms with van der Waals surface area (Å²) in [5.41, 5.74) is -1.51. The summed E-state index contributed by atoms with van der Waals surface area (Å²) in [5.74, 6) is -2.63. The molecule has 1 aromatic rings. The third kappa shape index (κ3) is 2.99. The molecule has 5 nitrogen and oxygen atoms in total. The van der Waals surface area contributed by atoms with Crippen molar-refractivity contribution >= 4 is 11.9 Å². The highest BCUT2D eigenvalue weighted by atomic mass is 19.1. The van der Waals surface area contributed by atoms with Gasteiger partial charge in [-0.1, -0.05) is 25.3 Å². The van der Waals surface area contributed by atoms with Crippen LogP contribution in [-0.4, -0.2) is 29.6 Å². The molecule has 0 saturated heterocycles. The molecule has 0 bridgehead atoms. The van der Waals surface area contributed by atoms with Crippen molar-refractivity contribution in [2.24, 2.45) is 0 Å². The summed E-state index contributed by atoms with van der Waals surface area (Å²) >= 11 is 0. The summed E-state index contributed by atoms with van der Waals surface area (Å²) in [6.07, 6.45) is 3.12. The molecule has 2 N–H and O–H groups in total. The van der Waals surface area contributed by atoms with E-state index in [1.54, 1.807) is 0 Å². The lowest BCUT2D eigenvalue weighted by Gasteiger charge is -2.34. The predicted molar refractivity (Wildman–Crippen MR) is 73.9 cm³/mol. The smallest absolute Gasteiger partial charge is 0.329 e. The van der Waals surface area contributed by atoms with E-state index < -0.39 is 23.2 Å². The van der Waals surface area contributed by atoms with E-state index in [-0.39, 0.29) is 11.3 Å². The maximum atomic E-state index is 14.1.